The van der Waals surface area contributed by atoms with Gasteiger partial charge in [0.25, 0.3) is 0 Å². The predicted molar refractivity (Wildman–Crippen MR) is 87.6 cm³/mol. The van der Waals surface area contributed by atoms with Crippen molar-refractivity contribution in [2.24, 2.45) is 4.99 Å². The Balaban J connectivity index is 2.31. The first-order chi connectivity index (χ1) is 9.54. The second-order valence-electron chi connectivity index (χ2n) is 5.59. The van der Waals surface area contributed by atoms with Crippen LogP contribution in [0.4, 0.5) is 5.69 Å². The monoisotopic (exact) mass is 269 g/mol. The summed E-state index contributed by atoms with van der Waals surface area (Å²) in [6.07, 6.45) is 0. The van der Waals surface area contributed by atoms with Crippen LogP contribution in [-0.4, -0.2) is 18.0 Å². The Morgan fingerprint density at radius 3 is 2.05 bits per heavy atom. The fourth-order valence-corrected chi connectivity index (χ4v) is 2.03. The van der Waals surface area contributed by atoms with Crippen LogP contribution in [0.3, 0.4) is 0 Å². The molecule has 2 rings (SSSR count). The zero-order valence-corrected chi connectivity index (χ0v) is 12.6. The Morgan fingerprint density at radius 2 is 1.45 bits per heavy atom. The number of rotatable bonds is 3. The van der Waals surface area contributed by atoms with Gasteiger partial charge in [-0.3, -0.25) is 0 Å². The Bertz CT molecular complexity index is 588. The van der Waals surface area contributed by atoms with Gasteiger partial charge in [-0.05, 0) is 50.6 Å². The molecule has 2 aromatic carbocycles. The number of hydrogen-bond acceptors (Lipinski definition) is 1. The lowest BCUT2D eigenvalue weighted by molar-refractivity contribution is 0.661. The molecule has 0 unspecified atom stereocenters. The minimum atomic E-state index is 0.348. The first-order valence-corrected chi connectivity index (χ1v) is 7.15. The van der Waals surface area contributed by atoms with Crippen LogP contribution in [0.1, 0.15) is 27.7 Å². The quantitative estimate of drug-likeness (QED) is 0.656. The summed E-state index contributed by atoms with van der Waals surface area (Å²) >= 11 is 0. The zero-order valence-electron chi connectivity index (χ0n) is 12.6. The standard InChI is InChI=1S/C17H23N3/c1-12(2)18-17(19-13(3)4)20-16-10-9-14-7-5-6-8-15(14)11-16/h5-13H,1-4H3,(H2,18,19,20). The Morgan fingerprint density at radius 1 is 0.850 bits per heavy atom. The topological polar surface area (TPSA) is 36.4 Å². The molecule has 0 heterocycles. The van der Waals surface area contributed by atoms with E-state index in [0.717, 1.165) is 11.6 Å². The molecular formula is C17H23N3. The van der Waals surface area contributed by atoms with Gasteiger partial charge in [-0.1, -0.05) is 30.3 Å². The third-order valence-corrected chi connectivity index (χ3v) is 2.82. The first kappa shape index (κ1) is 14.4. The van der Waals surface area contributed by atoms with Gasteiger partial charge in [0.05, 0.1) is 5.69 Å². The SMILES string of the molecule is CC(C)NC(=Nc1ccc2ccccc2c1)NC(C)C. The third kappa shape index (κ3) is 3.98. The van der Waals surface area contributed by atoms with Gasteiger partial charge < -0.3 is 10.6 Å². The lowest BCUT2D eigenvalue weighted by Gasteiger charge is -2.17. The summed E-state index contributed by atoms with van der Waals surface area (Å²) in [5, 5.41) is 9.14. The Labute approximate surface area is 121 Å². The highest BCUT2D eigenvalue weighted by Crippen LogP contribution is 2.20. The van der Waals surface area contributed by atoms with Crippen LogP contribution < -0.4 is 10.6 Å². The molecule has 0 aromatic heterocycles. The van der Waals surface area contributed by atoms with Crippen LogP contribution in [0, 0.1) is 0 Å². The number of nitrogens with zero attached hydrogens (tertiary/aromatic N) is 1. The van der Waals surface area contributed by atoms with Gasteiger partial charge in [0.1, 0.15) is 0 Å². The maximum Gasteiger partial charge on any atom is 0.196 e. The minimum Gasteiger partial charge on any atom is -0.354 e. The molecule has 20 heavy (non-hydrogen) atoms. The highest BCUT2D eigenvalue weighted by molar-refractivity contribution is 5.88. The van der Waals surface area contributed by atoms with E-state index in [1.807, 2.05) is 6.07 Å². The molecule has 0 atom stereocenters. The molecule has 3 nitrogen and oxygen atoms in total. The predicted octanol–water partition coefficient (Wildman–Crippen LogP) is 3.82. The zero-order chi connectivity index (χ0) is 14.5. The van der Waals surface area contributed by atoms with Crippen molar-refractivity contribution >= 4 is 22.4 Å². The molecule has 0 fully saturated rings. The molecule has 3 heteroatoms. The number of nitrogens with one attached hydrogen (secondary N) is 2. The summed E-state index contributed by atoms with van der Waals surface area (Å²) in [7, 11) is 0. The number of guanidine groups is 1. The van der Waals surface area contributed by atoms with E-state index in [4.69, 9.17) is 0 Å². The molecule has 0 aliphatic heterocycles. The average molecular weight is 269 g/mol. The fourth-order valence-electron chi connectivity index (χ4n) is 2.03. The van der Waals surface area contributed by atoms with E-state index in [0.29, 0.717) is 12.1 Å². The summed E-state index contributed by atoms with van der Waals surface area (Å²) in [5.74, 6) is 0.824. The molecule has 0 radical (unpaired) electrons. The van der Waals surface area contributed by atoms with Gasteiger partial charge in [0.15, 0.2) is 5.96 Å². The summed E-state index contributed by atoms with van der Waals surface area (Å²) in [5.41, 5.74) is 0.958. The van der Waals surface area contributed by atoms with Gasteiger partial charge in [0, 0.05) is 12.1 Å². The van der Waals surface area contributed by atoms with E-state index in [2.05, 4.69) is 79.7 Å². The number of aliphatic imine (C=N–C) groups is 1. The van der Waals surface area contributed by atoms with Gasteiger partial charge >= 0.3 is 0 Å². The van der Waals surface area contributed by atoms with Crippen LogP contribution >= 0.6 is 0 Å². The van der Waals surface area contributed by atoms with Crippen molar-refractivity contribution in [1.82, 2.24) is 10.6 Å². The van der Waals surface area contributed by atoms with Crippen molar-refractivity contribution in [1.29, 1.82) is 0 Å². The molecular weight excluding hydrogens is 246 g/mol. The summed E-state index contributed by atoms with van der Waals surface area (Å²) < 4.78 is 0. The van der Waals surface area contributed by atoms with Crippen molar-refractivity contribution in [2.75, 3.05) is 0 Å². The minimum absolute atomic E-state index is 0.348. The largest absolute Gasteiger partial charge is 0.354 e. The average Bonchev–Trinajstić information content (AvgIpc) is 2.37. The van der Waals surface area contributed by atoms with Crippen molar-refractivity contribution < 1.29 is 0 Å². The Hall–Kier alpha value is -2.03. The van der Waals surface area contributed by atoms with Crippen LogP contribution in [0.25, 0.3) is 10.8 Å². The van der Waals surface area contributed by atoms with Crippen molar-refractivity contribution in [2.45, 2.75) is 39.8 Å². The smallest absolute Gasteiger partial charge is 0.196 e. The van der Waals surface area contributed by atoms with Crippen molar-refractivity contribution in [3.05, 3.63) is 42.5 Å². The third-order valence-electron chi connectivity index (χ3n) is 2.82. The van der Waals surface area contributed by atoms with Crippen LogP contribution in [-0.2, 0) is 0 Å². The summed E-state index contributed by atoms with van der Waals surface area (Å²) in [4.78, 5) is 4.68. The second kappa shape index (κ2) is 6.42. The van der Waals surface area contributed by atoms with Crippen LogP contribution in [0.15, 0.2) is 47.5 Å². The normalized spacial score (nSPS) is 10.9. The highest BCUT2D eigenvalue weighted by atomic mass is 15.2. The fraction of sp³-hybridized carbons (Fsp3) is 0.353. The van der Waals surface area contributed by atoms with E-state index in [-0.39, 0.29) is 0 Å². The molecule has 2 N–H and O–H groups in total. The summed E-state index contributed by atoms with van der Waals surface area (Å²) in [6, 6.07) is 15.3. The lowest BCUT2D eigenvalue weighted by atomic mass is 10.1. The Kier molecular flexibility index (Phi) is 4.61. The molecule has 0 saturated carbocycles. The molecule has 0 amide bonds. The number of fused-ring (bicyclic) bond motifs is 1. The maximum atomic E-state index is 4.68. The number of hydrogen-bond donors (Lipinski definition) is 2. The maximum absolute atomic E-state index is 4.68. The van der Waals surface area contributed by atoms with E-state index in [1.165, 1.54) is 10.8 Å². The molecule has 2 aromatic rings. The van der Waals surface area contributed by atoms with Gasteiger partial charge in [-0.2, -0.15) is 0 Å². The molecule has 0 aliphatic carbocycles. The highest BCUT2D eigenvalue weighted by Gasteiger charge is 2.04. The van der Waals surface area contributed by atoms with Crippen molar-refractivity contribution in [3.63, 3.8) is 0 Å². The van der Waals surface area contributed by atoms with Gasteiger partial charge in [0.2, 0.25) is 0 Å². The van der Waals surface area contributed by atoms with E-state index >= 15 is 0 Å². The molecule has 0 bridgehead atoms. The van der Waals surface area contributed by atoms with Crippen molar-refractivity contribution in [3.8, 4) is 0 Å². The summed E-state index contributed by atoms with van der Waals surface area (Å²) in [6.45, 7) is 8.44. The lowest BCUT2D eigenvalue weighted by Crippen LogP contribution is -2.43. The first-order valence-electron chi connectivity index (χ1n) is 7.15. The van der Waals surface area contributed by atoms with Gasteiger partial charge in [-0.25, -0.2) is 4.99 Å². The van der Waals surface area contributed by atoms with E-state index in [9.17, 15) is 0 Å². The van der Waals surface area contributed by atoms with E-state index < -0.39 is 0 Å². The van der Waals surface area contributed by atoms with Crippen LogP contribution in [0.5, 0.6) is 0 Å². The molecule has 0 aliphatic rings. The van der Waals surface area contributed by atoms with Crippen LogP contribution in [0.2, 0.25) is 0 Å². The number of benzene rings is 2. The molecule has 0 spiro atoms. The van der Waals surface area contributed by atoms with Gasteiger partial charge in [-0.15, -0.1) is 0 Å². The second-order valence-corrected chi connectivity index (χ2v) is 5.59. The molecule has 0 saturated heterocycles. The molecule has 106 valence electrons. The van der Waals surface area contributed by atoms with E-state index in [1.54, 1.807) is 0 Å².